The second kappa shape index (κ2) is 12.0. The average molecular weight is 520 g/mol. The van der Waals surface area contributed by atoms with E-state index in [0.29, 0.717) is 23.5 Å². The van der Waals surface area contributed by atoms with Gasteiger partial charge in [0.15, 0.2) is 6.19 Å². The highest BCUT2D eigenvalue weighted by molar-refractivity contribution is 7.99. The molecule has 4 rings (SSSR count). The first-order valence-corrected chi connectivity index (χ1v) is 14.3. The molecule has 2 fully saturated rings. The molecule has 0 spiro atoms. The van der Waals surface area contributed by atoms with Gasteiger partial charge >= 0.3 is 0 Å². The lowest BCUT2D eigenvalue weighted by atomic mass is 9.87. The van der Waals surface area contributed by atoms with Crippen LogP contribution in [-0.2, 0) is 15.0 Å². The van der Waals surface area contributed by atoms with Crippen LogP contribution in [0.25, 0.3) is 0 Å². The molecule has 2 heterocycles. The van der Waals surface area contributed by atoms with Gasteiger partial charge in [0.1, 0.15) is 12.1 Å². The molecule has 196 valence electrons. The van der Waals surface area contributed by atoms with E-state index in [1.165, 1.54) is 6.42 Å². The molecule has 2 aliphatic rings. The van der Waals surface area contributed by atoms with Crippen molar-refractivity contribution in [1.82, 2.24) is 15.2 Å². The molecule has 1 aliphatic carbocycles. The van der Waals surface area contributed by atoms with Gasteiger partial charge < -0.3 is 5.32 Å². The minimum atomic E-state index is -0.893. The van der Waals surface area contributed by atoms with Crippen LogP contribution in [0.15, 0.2) is 48.8 Å². The zero-order valence-corrected chi connectivity index (χ0v) is 22.8. The maximum Gasteiger partial charge on any atom is 0.252 e. The van der Waals surface area contributed by atoms with Crippen molar-refractivity contribution in [2.24, 2.45) is 0 Å². The van der Waals surface area contributed by atoms with Gasteiger partial charge in [-0.2, -0.15) is 17.0 Å². The van der Waals surface area contributed by atoms with Crippen molar-refractivity contribution >= 4 is 29.3 Å². The average Bonchev–Trinajstić information content (AvgIpc) is 2.92. The topological polar surface area (TPSA) is 89.3 Å². The lowest BCUT2D eigenvalue weighted by Crippen LogP contribution is -2.55. The Bertz CT molecular complexity index is 1100. The number of carbonyl (C=O) groups excluding carboxylic acids is 2. The predicted molar refractivity (Wildman–Crippen MR) is 148 cm³/mol. The van der Waals surface area contributed by atoms with Gasteiger partial charge in [0, 0.05) is 47.7 Å². The molecule has 8 heteroatoms. The van der Waals surface area contributed by atoms with Gasteiger partial charge in [-0.1, -0.05) is 58.2 Å². The predicted octanol–water partition coefficient (Wildman–Crippen LogP) is 4.80. The van der Waals surface area contributed by atoms with Gasteiger partial charge in [-0.25, -0.2) is 0 Å². The summed E-state index contributed by atoms with van der Waals surface area (Å²) in [7, 11) is 0. The van der Waals surface area contributed by atoms with Crippen LogP contribution >= 0.6 is 11.8 Å². The number of hydrogen-bond donors (Lipinski definition) is 1. The summed E-state index contributed by atoms with van der Waals surface area (Å²) in [6, 6.07) is 10.1. The summed E-state index contributed by atoms with van der Waals surface area (Å²) >= 11 is 1.66. The molecule has 1 saturated carbocycles. The van der Waals surface area contributed by atoms with E-state index < -0.39 is 12.1 Å². The van der Waals surface area contributed by atoms with Crippen molar-refractivity contribution in [2.45, 2.75) is 76.4 Å². The van der Waals surface area contributed by atoms with Crippen molar-refractivity contribution in [3.05, 3.63) is 59.9 Å². The van der Waals surface area contributed by atoms with Crippen LogP contribution in [0, 0.1) is 11.5 Å². The number of carbonyl (C=O) groups is 2. The quantitative estimate of drug-likeness (QED) is 0.552. The van der Waals surface area contributed by atoms with E-state index in [1.54, 1.807) is 40.0 Å². The summed E-state index contributed by atoms with van der Waals surface area (Å²) in [6.07, 6.45) is 10.8. The van der Waals surface area contributed by atoms with Crippen LogP contribution in [-0.4, -0.2) is 51.8 Å². The Labute approximate surface area is 224 Å². The van der Waals surface area contributed by atoms with Crippen LogP contribution < -0.4 is 10.2 Å². The SMILES string of the molecule is CC(C)(C)c1ccc(N(C(=O)C2CSCCN2C#N)C(C(=O)NC2CCCCC2)c2cccnc2)cc1. The fourth-order valence-electron chi connectivity index (χ4n) is 5.10. The summed E-state index contributed by atoms with van der Waals surface area (Å²) in [5, 5.41) is 13.0. The molecule has 1 N–H and O–H groups in total. The summed E-state index contributed by atoms with van der Waals surface area (Å²) in [6.45, 7) is 6.95. The fraction of sp³-hybridized carbons (Fsp3) is 0.517. The summed E-state index contributed by atoms with van der Waals surface area (Å²) in [5.41, 5.74) is 2.38. The molecule has 2 unspecified atom stereocenters. The zero-order valence-electron chi connectivity index (χ0n) is 22.0. The van der Waals surface area contributed by atoms with Crippen LogP contribution in [0.3, 0.4) is 0 Å². The molecule has 1 aromatic carbocycles. The van der Waals surface area contributed by atoms with E-state index in [4.69, 9.17) is 0 Å². The number of anilines is 1. The highest BCUT2D eigenvalue weighted by Gasteiger charge is 2.40. The van der Waals surface area contributed by atoms with Crippen molar-refractivity contribution in [3.63, 3.8) is 0 Å². The van der Waals surface area contributed by atoms with Gasteiger partial charge in [0.25, 0.3) is 5.91 Å². The number of aromatic nitrogens is 1. The summed E-state index contributed by atoms with van der Waals surface area (Å²) in [4.78, 5) is 35.7. The maximum absolute atomic E-state index is 14.3. The molecule has 1 saturated heterocycles. The monoisotopic (exact) mass is 519 g/mol. The van der Waals surface area contributed by atoms with Crippen LogP contribution in [0.2, 0.25) is 0 Å². The molecule has 7 nitrogen and oxygen atoms in total. The molecule has 37 heavy (non-hydrogen) atoms. The highest BCUT2D eigenvalue weighted by Crippen LogP contribution is 2.33. The third-order valence-corrected chi connectivity index (χ3v) is 8.27. The number of nitrogens with one attached hydrogen (secondary N) is 1. The molecule has 0 radical (unpaired) electrons. The lowest BCUT2D eigenvalue weighted by molar-refractivity contribution is -0.128. The van der Waals surface area contributed by atoms with Crippen molar-refractivity contribution in [3.8, 4) is 6.19 Å². The van der Waals surface area contributed by atoms with Gasteiger partial charge in [0.05, 0.1) is 0 Å². The van der Waals surface area contributed by atoms with E-state index in [-0.39, 0.29) is 23.3 Å². The number of nitriles is 1. The molecule has 2 atom stereocenters. The lowest BCUT2D eigenvalue weighted by Gasteiger charge is -2.38. The number of hydrogen-bond acceptors (Lipinski definition) is 6. The number of rotatable bonds is 6. The van der Waals surface area contributed by atoms with E-state index in [1.807, 2.05) is 30.3 Å². The van der Waals surface area contributed by atoms with Crippen LogP contribution in [0.4, 0.5) is 5.69 Å². The Hall–Kier alpha value is -3.05. The second-order valence-electron chi connectivity index (χ2n) is 10.9. The summed E-state index contributed by atoms with van der Waals surface area (Å²) < 4.78 is 0. The summed E-state index contributed by atoms with van der Waals surface area (Å²) in [5.74, 6) is 0.851. The van der Waals surface area contributed by atoms with Gasteiger partial charge in [-0.05, 0) is 42.0 Å². The Kier molecular flexibility index (Phi) is 8.75. The first kappa shape index (κ1) is 27.0. The molecule has 1 aromatic heterocycles. The first-order valence-electron chi connectivity index (χ1n) is 13.2. The van der Waals surface area contributed by atoms with Crippen LogP contribution in [0.1, 0.15) is 70.0 Å². The smallest absolute Gasteiger partial charge is 0.252 e. The van der Waals surface area contributed by atoms with E-state index in [0.717, 1.165) is 37.0 Å². The Morgan fingerprint density at radius 2 is 1.89 bits per heavy atom. The molecular weight excluding hydrogens is 482 g/mol. The minimum absolute atomic E-state index is 0.0495. The zero-order chi connectivity index (χ0) is 26.4. The fourth-order valence-corrected chi connectivity index (χ4v) is 6.13. The van der Waals surface area contributed by atoms with Crippen molar-refractivity contribution < 1.29 is 9.59 Å². The second-order valence-corrected chi connectivity index (χ2v) is 12.1. The van der Waals surface area contributed by atoms with Crippen molar-refractivity contribution in [2.75, 3.05) is 23.0 Å². The number of benzene rings is 1. The maximum atomic E-state index is 14.3. The third-order valence-electron chi connectivity index (χ3n) is 7.25. The Balaban J connectivity index is 1.78. The number of amides is 2. The Morgan fingerprint density at radius 3 is 2.51 bits per heavy atom. The van der Waals surface area contributed by atoms with E-state index in [2.05, 4.69) is 37.3 Å². The largest absolute Gasteiger partial charge is 0.351 e. The third kappa shape index (κ3) is 6.45. The standard InChI is InChI=1S/C29H37N5O2S/c1-29(2,3)22-11-13-24(14-12-22)34(28(36)25-19-37-17-16-33(25)20-30)26(21-8-7-15-31-18-21)27(35)32-23-9-5-4-6-10-23/h7-8,11-15,18,23,25-26H,4-6,9-10,16-17,19H2,1-3H3,(H,32,35). The number of nitrogens with zero attached hydrogens (tertiary/aromatic N) is 4. The van der Waals surface area contributed by atoms with Gasteiger partial charge in [-0.15, -0.1) is 0 Å². The van der Waals surface area contributed by atoms with Crippen LogP contribution in [0.5, 0.6) is 0 Å². The molecule has 2 aromatic rings. The van der Waals surface area contributed by atoms with Gasteiger partial charge in [-0.3, -0.25) is 24.4 Å². The first-order chi connectivity index (χ1) is 17.8. The normalized spacial score (nSPS) is 19.5. The molecule has 2 amide bonds. The minimum Gasteiger partial charge on any atom is -0.351 e. The van der Waals surface area contributed by atoms with E-state index in [9.17, 15) is 14.9 Å². The number of pyridine rings is 1. The molecule has 1 aliphatic heterocycles. The molecule has 0 bridgehead atoms. The van der Waals surface area contributed by atoms with E-state index >= 15 is 0 Å². The van der Waals surface area contributed by atoms with Crippen molar-refractivity contribution in [1.29, 1.82) is 5.26 Å². The molecular formula is C29H37N5O2S. The highest BCUT2D eigenvalue weighted by atomic mass is 32.2. The van der Waals surface area contributed by atoms with Gasteiger partial charge in [0.2, 0.25) is 5.91 Å². The Morgan fingerprint density at radius 1 is 1.16 bits per heavy atom. The number of thioether (sulfide) groups is 1.